The van der Waals surface area contributed by atoms with Crippen LogP contribution in [0.4, 0.5) is 4.39 Å². The molecule has 0 aromatic carbocycles. The zero-order valence-corrected chi connectivity index (χ0v) is 8.06. The predicted molar refractivity (Wildman–Crippen MR) is 48.7 cm³/mol. The van der Waals surface area contributed by atoms with Gasteiger partial charge in [-0.2, -0.15) is 4.39 Å². The lowest BCUT2D eigenvalue weighted by Crippen LogP contribution is -2.37. The molecule has 0 saturated carbocycles. The van der Waals surface area contributed by atoms with Gasteiger partial charge in [-0.15, -0.1) is 0 Å². The zero-order valence-electron chi connectivity index (χ0n) is 8.06. The summed E-state index contributed by atoms with van der Waals surface area (Å²) in [5, 5.41) is 41.5. The standard InChI is InChI=1S/C5H12O4.C3H3FO2/c6-1-5(2-7,3-8)4-9;1-2(4)3(5)6/h6-9H,1-4H2;1H2,(H,5,6). The van der Waals surface area contributed by atoms with Crippen LogP contribution in [-0.2, 0) is 4.79 Å². The normalized spacial score (nSPS) is 10.2. The molecule has 0 saturated heterocycles. The van der Waals surface area contributed by atoms with E-state index >= 15 is 0 Å². The van der Waals surface area contributed by atoms with Crippen LogP contribution in [0.3, 0.4) is 0 Å². The molecule has 5 N–H and O–H groups in total. The Hall–Kier alpha value is -1.02. The summed E-state index contributed by atoms with van der Waals surface area (Å²) in [5.74, 6) is -2.93. The highest BCUT2D eigenvalue weighted by Crippen LogP contribution is 2.11. The van der Waals surface area contributed by atoms with Crippen molar-refractivity contribution in [3.63, 3.8) is 0 Å². The molecule has 0 amide bonds. The molecule has 0 heterocycles. The first-order chi connectivity index (χ1) is 6.89. The molecule has 15 heavy (non-hydrogen) atoms. The predicted octanol–water partition coefficient (Wildman–Crippen LogP) is -1.50. The van der Waals surface area contributed by atoms with Crippen molar-refractivity contribution in [2.75, 3.05) is 26.4 Å². The summed E-state index contributed by atoms with van der Waals surface area (Å²) in [4.78, 5) is 9.22. The fraction of sp³-hybridized carbons (Fsp3) is 0.625. The van der Waals surface area contributed by atoms with Crippen molar-refractivity contribution < 1.29 is 34.7 Å². The number of carbonyl (C=O) groups is 1. The minimum Gasteiger partial charge on any atom is -0.476 e. The number of halogens is 1. The maximum Gasteiger partial charge on any atom is 0.364 e. The van der Waals surface area contributed by atoms with Gasteiger partial charge in [0.15, 0.2) is 0 Å². The smallest absolute Gasteiger partial charge is 0.364 e. The van der Waals surface area contributed by atoms with E-state index in [1.54, 1.807) is 0 Å². The number of aliphatic carboxylic acids is 1. The molecular weight excluding hydrogens is 211 g/mol. The average Bonchev–Trinajstić information content (AvgIpc) is 2.23. The van der Waals surface area contributed by atoms with E-state index in [-0.39, 0.29) is 0 Å². The SMILES string of the molecule is C=C(F)C(=O)O.OCC(CO)(CO)CO. The summed E-state index contributed by atoms with van der Waals surface area (Å²) >= 11 is 0. The first kappa shape index (κ1) is 16.4. The fourth-order valence-corrected chi connectivity index (χ4v) is 0.300. The van der Waals surface area contributed by atoms with Gasteiger partial charge < -0.3 is 25.5 Å². The highest BCUT2D eigenvalue weighted by atomic mass is 19.1. The highest BCUT2D eigenvalue weighted by Gasteiger charge is 2.26. The topological polar surface area (TPSA) is 118 Å². The van der Waals surface area contributed by atoms with Crippen molar-refractivity contribution in [3.8, 4) is 0 Å². The molecule has 0 fully saturated rings. The monoisotopic (exact) mass is 226 g/mol. The molecule has 0 aromatic rings. The molecule has 0 aliphatic heterocycles. The lowest BCUT2D eigenvalue weighted by Gasteiger charge is -2.23. The van der Waals surface area contributed by atoms with Crippen LogP contribution >= 0.6 is 0 Å². The molecular formula is C8H15FO6. The van der Waals surface area contributed by atoms with Crippen LogP contribution in [0.5, 0.6) is 0 Å². The van der Waals surface area contributed by atoms with Crippen molar-refractivity contribution in [2.45, 2.75) is 0 Å². The third-order valence-corrected chi connectivity index (χ3v) is 1.57. The minimum atomic E-state index is -1.60. The van der Waals surface area contributed by atoms with Crippen LogP contribution in [0.25, 0.3) is 0 Å². The summed E-state index contributed by atoms with van der Waals surface area (Å²) in [6.45, 7) is 0.863. The molecule has 6 nitrogen and oxygen atoms in total. The second kappa shape index (κ2) is 8.30. The Morgan fingerprint density at radius 1 is 1.07 bits per heavy atom. The Morgan fingerprint density at radius 2 is 1.27 bits per heavy atom. The van der Waals surface area contributed by atoms with E-state index in [0.29, 0.717) is 0 Å². The van der Waals surface area contributed by atoms with Crippen LogP contribution < -0.4 is 0 Å². The van der Waals surface area contributed by atoms with Gasteiger partial charge in [-0.1, -0.05) is 6.58 Å². The number of aliphatic hydroxyl groups excluding tert-OH is 4. The molecule has 0 radical (unpaired) electrons. The molecule has 0 aliphatic carbocycles. The van der Waals surface area contributed by atoms with E-state index in [2.05, 4.69) is 6.58 Å². The van der Waals surface area contributed by atoms with Gasteiger partial charge in [0.1, 0.15) is 0 Å². The minimum absolute atomic E-state index is 0.406. The van der Waals surface area contributed by atoms with Crippen molar-refractivity contribution in [3.05, 3.63) is 12.4 Å². The first-order valence-electron chi connectivity index (χ1n) is 3.90. The maximum absolute atomic E-state index is 11.0. The molecule has 0 bridgehead atoms. The number of carboxylic acid groups (broad SMARTS) is 1. The Labute approximate surface area is 85.9 Å². The van der Waals surface area contributed by atoms with Crippen LogP contribution in [0.1, 0.15) is 0 Å². The van der Waals surface area contributed by atoms with Crippen molar-refractivity contribution in [2.24, 2.45) is 5.41 Å². The van der Waals surface area contributed by atoms with Crippen molar-refractivity contribution in [1.82, 2.24) is 0 Å². The maximum atomic E-state index is 11.0. The molecule has 0 aliphatic rings. The Balaban J connectivity index is 0. The third kappa shape index (κ3) is 6.97. The number of hydrogen-bond donors (Lipinski definition) is 5. The molecule has 7 heteroatoms. The lowest BCUT2D eigenvalue weighted by molar-refractivity contribution is -0.134. The zero-order chi connectivity index (χ0) is 12.5. The van der Waals surface area contributed by atoms with Gasteiger partial charge >= 0.3 is 5.97 Å². The van der Waals surface area contributed by atoms with Crippen molar-refractivity contribution >= 4 is 5.97 Å². The summed E-state index contributed by atoms with van der Waals surface area (Å²) in [6, 6.07) is 0. The van der Waals surface area contributed by atoms with Gasteiger partial charge in [0, 0.05) is 0 Å². The molecule has 90 valence electrons. The Morgan fingerprint density at radius 3 is 1.27 bits per heavy atom. The lowest BCUT2D eigenvalue weighted by atomic mass is 9.93. The van der Waals surface area contributed by atoms with Crippen LogP contribution in [0.2, 0.25) is 0 Å². The van der Waals surface area contributed by atoms with E-state index in [1.807, 2.05) is 0 Å². The average molecular weight is 226 g/mol. The van der Waals surface area contributed by atoms with Gasteiger partial charge in [-0.05, 0) is 0 Å². The summed E-state index contributed by atoms with van der Waals surface area (Å²) in [7, 11) is 0. The van der Waals surface area contributed by atoms with Gasteiger partial charge in [0.2, 0.25) is 5.83 Å². The van der Waals surface area contributed by atoms with E-state index in [9.17, 15) is 9.18 Å². The Bertz CT molecular complexity index is 172. The Kier molecular flexibility index (Phi) is 9.08. The van der Waals surface area contributed by atoms with E-state index in [4.69, 9.17) is 25.5 Å². The van der Waals surface area contributed by atoms with E-state index in [1.165, 1.54) is 0 Å². The van der Waals surface area contributed by atoms with Gasteiger partial charge in [-0.3, -0.25) is 0 Å². The van der Waals surface area contributed by atoms with Crippen LogP contribution in [0, 0.1) is 5.41 Å². The molecule has 0 unspecified atom stereocenters. The number of hydrogen-bond acceptors (Lipinski definition) is 5. The second-order valence-electron chi connectivity index (χ2n) is 2.84. The van der Waals surface area contributed by atoms with Gasteiger partial charge in [0.25, 0.3) is 0 Å². The molecule has 0 aromatic heterocycles. The van der Waals surface area contributed by atoms with E-state index in [0.717, 1.165) is 0 Å². The summed E-state index contributed by atoms with van der Waals surface area (Å²) in [5.41, 5.74) is -1.11. The molecule has 0 atom stereocenters. The van der Waals surface area contributed by atoms with Crippen LogP contribution in [-0.4, -0.2) is 57.9 Å². The number of rotatable bonds is 5. The number of aliphatic hydroxyl groups is 4. The van der Waals surface area contributed by atoms with Crippen molar-refractivity contribution in [1.29, 1.82) is 0 Å². The highest BCUT2D eigenvalue weighted by molar-refractivity contribution is 5.82. The summed E-state index contributed by atoms with van der Waals surface area (Å²) < 4.78 is 11.0. The van der Waals surface area contributed by atoms with Gasteiger partial charge in [-0.25, -0.2) is 4.79 Å². The second-order valence-corrected chi connectivity index (χ2v) is 2.84. The van der Waals surface area contributed by atoms with Crippen LogP contribution in [0.15, 0.2) is 12.4 Å². The fourth-order valence-electron chi connectivity index (χ4n) is 0.300. The van der Waals surface area contributed by atoms with E-state index < -0.39 is 43.6 Å². The molecule has 0 rings (SSSR count). The largest absolute Gasteiger partial charge is 0.476 e. The summed E-state index contributed by atoms with van der Waals surface area (Å²) in [6.07, 6.45) is 0. The third-order valence-electron chi connectivity index (χ3n) is 1.57. The molecule has 0 spiro atoms. The quantitative estimate of drug-likeness (QED) is 0.364. The number of carboxylic acids is 1. The van der Waals surface area contributed by atoms with Gasteiger partial charge in [0.05, 0.1) is 31.8 Å². The first-order valence-corrected chi connectivity index (χ1v) is 3.90.